The average Bonchev–Trinajstić information content (AvgIpc) is 3.01. The van der Waals surface area contributed by atoms with Crippen LogP contribution in [0.5, 0.6) is 0 Å². The summed E-state index contributed by atoms with van der Waals surface area (Å²) in [7, 11) is 0. The van der Waals surface area contributed by atoms with Crippen LogP contribution in [-0.4, -0.2) is 22.1 Å². The number of benzene rings is 1. The Kier molecular flexibility index (Phi) is 5.13. The Morgan fingerprint density at radius 2 is 2.05 bits per heavy atom. The normalized spacial score (nSPS) is 18.0. The minimum atomic E-state index is 0. The number of thioether (sulfide) groups is 1. The largest absolute Gasteiger partial charge is 0.362 e. The standard InChI is InChI=1S/C15H18N2OS.ClH/c1-11-14(15-18-8-9-19-15)12(2)17(16-11)10-13-6-4-3-5-7-13;/h3-7,15H,8-10H2,1-2H3;1H. The molecule has 0 aliphatic carbocycles. The van der Waals surface area contributed by atoms with E-state index in [2.05, 4.69) is 47.9 Å². The molecule has 1 aliphatic rings. The lowest BCUT2D eigenvalue weighted by atomic mass is 10.2. The van der Waals surface area contributed by atoms with Crippen molar-refractivity contribution in [2.75, 3.05) is 12.4 Å². The van der Waals surface area contributed by atoms with Crippen molar-refractivity contribution in [2.45, 2.75) is 25.8 Å². The Balaban J connectivity index is 0.00000147. The molecule has 1 atom stereocenters. The summed E-state index contributed by atoms with van der Waals surface area (Å²) in [5.41, 5.74) is 5.02. The second kappa shape index (κ2) is 6.66. The predicted octanol–water partition coefficient (Wildman–Crippen LogP) is 3.73. The summed E-state index contributed by atoms with van der Waals surface area (Å²) in [6.45, 7) is 5.88. The molecule has 0 radical (unpaired) electrons. The van der Waals surface area contributed by atoms with Crippen molar-refractivity contribution in [3.63, 3.8) is 0 Å². The van der Waals surface area contributed by atoms with Gasteiger partial charge >= 0.3 is 0 Å². The van der Waals surface area contributed by atoms with E-state index in [4.69, 9.17) is 4.74 Å². The quantitative estimate of drug-likeness (QED) is 0.864. The summed E-state index contributed by atoms with van der Waals surface area (Å²) < 4.78 is 7.86. The molecule has 1 aliphatic heterocycles. The maximum atomic E-state index is 5.77. The Morgan fingerprint density at radius 1 is 1.30 bits per heavy atom. The highest BCUT2D eigenvalue weighted by molar-refractivity contribution is 7.99. The SMILES string of the molecule is Cc1nn(Cc2ccccc2)c(C)c1C1OCCS1.Cl. The van der Waals surface area contributed by atoms with Crippen LogP contribution in [0, 0.1) is 13.8 Å². The first kappa shape index (κ1) is 15.4. The van der Waals surface area contributed by atoms with Crippen LogP contribution < -0.4 is 0 Å². The fourth-order valence-electron chi connectivity index (χ4n) is 2.49. The fourth-order valence-corrected chi connectivity index (χ4v) is 3.59. The first-order valence-electron chi connectivity index (χ1n) is 6.57. The number of aromatic nitrogens is 2. The number of rotatable bonds is 3. The summed E-state index contributed by atoms with van der Waals surface area (Å²) >= 11 is 1.87. The van der Waals surface area contributed by atoms with Gasteiger partial charge in [0.15, 0.2) is 0 Å². The molecule has 2 aromatic rings. The maximum absolute atomic E-state index is 5.77. The van der Waals surface area contributed by atoms with Crippen molar-refractivity contribution in [2.24, 2.45) is 0 Å². The van der Waals surface area contributed by atoms with E-state index in [1.54, 1.807) is 0 Å². The number of nitrogens with zero attached hydrogens (tertiary/aromatic N) is 2. The molecule has 0 amide bonds. The minimum absolute atomic E-state index is 0. The fraction of sp³-hybridized carbons (Fsp3) is 0.400. The molecular formula is C15H19ClN2OS. The van der Waals surface area contributed by atoms with E-state index in [1.807, 2.05) is 17.8 Å². The highest BCUT2D eigenvalue weighted by atomic mass is 35.5. The molecule has 0 bridgehead atoms. The van der Waals surface area contributed by atoms with E-state index in [9.17, 15) is 0 Å². The van der Waals surface area contributed by atoms with Crippen LogP contribution in [0.1, 0.15) is 28.0 Å². The molecule has 1 unspecified atom stereocenters. The minimum Gasteiger partial charge on any atom is -0.362 e. The summed E-state index contributed by atoms with van der Waals surface area (Å²) in [6, 6.07) is 10.4. The highest BCUT2D eigenvalue weighted by Crippen LogP contribution is 2.38. The molecule has 0 saturated carbocycles. The number of hydrogen-bond donors (Lipinski definition) is 0. The van der Waals surface area contributed by atoms with Gasteiger partial charge in [0.2, 0.25) is 0 Å². The van der Waals surface area contributed by atoms with Crippen LogP contribution in [0.25, 0.3) is 0 Å². The molecule has 1 saturated heterocycles. The van der Waals surface area contributed by atoms with Gasteiger partial charge in [-0.05, 0) is 19.4 Å². The van der Waals surface area contributed by atoms with Gasteiger partial charge in [-0.2, -0.15) is 5.10 Å². The highest BCUT2D eigenvalue weighted by Gasteiger charge is 2.25. The number of hydrogen-bond acceptors (Lipinski definition) is 3. The van der Waals surface area contributed by atoms with Crippen LogP contribution in [0.2, 0.25) is 0 Å². The van der Waals surface area contributed by atoms with E-state index in [-0.39, 0.29) is 17.8 Å². The van der Waals surface area contributed by atoms with Gasteiger partial charge in [0.25, 0.3) is 0 Å². The third-order valence-electron chi connectivity index (χ3n) is 3.47. The van der Waals surface area contributed by atoms with E-state index >= 15 is 0 Å². The van der Waals surface area contributed by atoms with Crippen LogP contribution in [0.15, 0.2) is 30.3 Å². The van der Waals surface area contributed by atoms with Crippen molar-refractivity contribution >= 4 is 24.2 Å². The third-order valence-corrected chi connectivity index (χ3v) is 4.55. The number of ether oxygens (including phenoxy) is 1. The van der Waals surface area contributed by atoms with Crippen molar-refractivity contribution in [3.05, 3.63) is 52.8 Å². The summed E-state index contributed by atoms with van der Waals surface area (Å²) in [4.78, 5) is 0. The molecule has 5 heteroatoms. The van der Waals surface area contributed by atoms with Gasteiger partial charge in [0, 0.05) is 17.0 Å². The number of aryl methyl sites for hydroxylation is 1. The van der Waals surface area contributed by atoms with E-state index in [0.717, 1.165) is 24.6 Å². The zero-order valence-corrected chi connectivity index (χ0v) is 13.3. The second-order valence-electron chi connectivity index (χ2n) is 4.80. The van der Waals surface area contributed by atoms with E-state index in [0.29, 0.717) is 0 Å². The van der Waals surface area contributed by atoms with Gasteiger partial charge in [-0.15, -0.1) is 24.2 Å². The van der Waals surface area contributed by atoms with Crippen molar-refractivity contribution < 1.29 is 4.74 Å². The third kappa shape index (κ3) is 3.03. The lowest BCUT2D eigenvalue weighted by molar-refractivity contribution is 0.144. The lowest BCUT2D eigenvalue weighted by Gasteiger charge is -2.10. The lowest BCUT2D eigenvalue weighted by Crippen LogP contribution is -2.04. The average molecular weight is 311 g/mol. The predicted molar refractivity (Wildman–Crippen MR) is 85.6 cm³/mol. The molecule has 1 aromatic carbocycles. The van der Waals surface area contributed by atoms with E-state index in [1.165, 1.54) is 16.8 Å². The van der Waals surface area contributed by atoms with Gasteiger partial charge in [0.05, 0.1) is 18.8 Å². The Hall–Kier alpha value is -0.970. The van der Waals surface area contributed by atoms with Crippen LogP contribution in [0.4, 0.5) is 0 Å². The Labute approximate surface area is 130 Å². The molecule has 3 nitrogen and oxygen atoms in total. The zero-order valence-electron chi connectivity index (χ0n) is 11.7. The topological polar surface area (TPSA) is 27.1 Å². The Morgan fingerprint density at radius 3 is 2.70 bits per heavy atom. The van der Waals surface area contributed by atoms with Crippen molar-refractivity contribution in [3.8, 4) is 0 Å². The monoisotopic (exact) mass is 310 g/mol. The molecule has 2 heterocycles. The van der Waals surface area contributed by atoms with Crippen molar-refractivity contribution in [1.82, 2.24) is 9.78 Å². The molecule has 0 spiro atoms. The van der Waals surface area contributed by atoms with Crippen molar-refractivity contribution in [1.29, 1.82) is 0 Å². The van der Waals surface area contributed by atoms with Gasteiger partial charge in [-0.25, -0.2) is 0 Å². The smallest absolute Gasteiger partial charge is 0.132 e. The van der Waals surface area contributed by atoms with Crippen LogP contribution >= 0.6 is 24.2 Å². The maximum Gasteiger partial charge on any atom is 0.132 e. The molecule has 20 heavy (non-hydrogen) atoms. The summed E-state index contributed by atoms with van der Waals surface area (Å²) in [6.07, 6.45) is 0. The van der Waals surface area contributed by atoms with Gasteiger partial charge < -0.3 is 4.74 Å². The first-order chi connectivity index (χ1) is 9.25. The summed E-state index contributed by atoms with van der Waals surface area (Å²) in [5, 5.41) is 4.67. The Bertz CT molecular complexity index is 565. The molecule has 3 rings (SSSR count). The van der Waals surface area contributed by atoms with Crippen LogP contribution in [-0.2, 0) is 11.3 Å². The van der Waals surface area contributed by atoms with Gasteiger partial charge in [-0.1, -0.05) is 30.3 Å². The van der Waals surface area contributed by atoms with E-state index < -0.39 is 0 Å². The number of halogens is 1. The van der Waals surface area contributed by atoms with Crippen LogP contribution in [0.3, 0.4) is 0 Å². The van der Waals surface area contributed by atoms with Gasteiger partial charge in [0.1, 0.15) is 5.44 Å². The second-order valence-corrected chi connectivity index (χ2v) is 5.97. The molecule has 0 N–H and O–H groups in total. The molecular weight excluding hydrogens is 292 g/mol. The molecule has 1 aromatic heterocycles. The zero-order chi connectivity index (χ0) is 13.2. The molecule has 108 valence electrons. The van der Waals surface area contributed by atoms with Gasteiger partial charge in [-0.3, -0.25) is 4.68 Å². The summed E-state index contributed by atoms with van der Waals surface area (Å²) in [5.74, 6) is 1.08. The first-order valence-corrected chi connectivity index (χ1v) is 7.61. The molecule has 1 fully saturated rings.